The molecule has 3 rings (SSSR count). The predicted octanol–water partition coefficient (Wildman–Crippen LogP) is 2.94. The van der Waals surface area contributed by atoms with Crippen molar-refractivity contribution in [1.29, 1.82) is 0 Å². The molecule has 1 atom stereocenters. The van der Waals surface area contributed by atoms with E-state index in [0.29, 0.717) is 41.3 Å². The maximum atomic E-state index is 6.37. The highest BCUT2D eigenvalue weighted by molar-refractivity contribution is 5.61. The second kappa shape index (κ2) is 8.62. The van der Waals surface area contributed by atoms with Crippen LogP contribution in [0.25, 0.3) is 11.4 Å². The Balaban J connectivity index is 1.88. The second-order valence-electron chi connectivity index (χ2n) is 5.94. The summed E-state index contributed by atoms with van der Waals surface area (Å²) in [6.07, 6.45) is 0. The van der Waals surface area contributed by atoms with Crippen molar-refractivity contribution in [2.24, 2.45) is 5.73 Å². The first-order valence-corrected chi connectivity index (χ1v) is 8.82. The monoisotopic (exact) mass is 384 g/mol. The van der Waals surface area contributed by atoms with Gasteiger partial charge in [-0.25, -0.2) is 4.98 Å². The number of ether oxygens (including phenoxy) is 4. The van der Waals surface area contributed by atoms with Gasteiger partial charge in [0, 0.05) is 5.56 Å². The van der Waals surface area contributed by atoms with Crippen LogP contribution in [0.5, 0.6) is 23.0 Å². The van der Waals surface area contributed by atoms with Crippen LogP contribution in [0, 0.1) is 0 Å². The molecule has 3 aromatic rings. The molecule has 0 amide bonds. The largest absolute Gasteiger partial charge is 0.493 e. The summed E-state index contributed by atoms with van der Waals surface area (Å²) in [7, 11) is 4.77. The number of aromatic amines is 1. The molecule has 0 saturated heterocycles. The molecule has 148 valence electrons. The van der Waals surface area contributed by atoms with Gasteiger partial charge in [0.2, 0.25) is 0 Å². The Labute approximate surface area is 163 Å². The molecule has 3 N–H and O–H groups in total. The number of hydrogen-bond acceptors (Lipinski definition) is 7. The van der Waals surface area contributed by atoms with E-state index < -0.39 is 6.04 Å². The summed E-state index contributed by atoms with van der Waals surface area (Å²) in [5.74, 6) is 3.59. The van der Waals surface area contributed by atoms with Crippen molar-refractivity contribution in [3.05, 3.63) is 47.8 Å². The molecule has 1 heterocycles. The Bertz CT molecular complexity index is 942. The predicted molar refractivity (Wildman–Crippen MR) is 105 cm³/mol. The molecule has 8 heteroatoms. The van der Waals surface area contributed by atoms with Gasteiger partial charge in [-0.2, -0.15) is 5.10 Å². The van der Waals surface area contributed by atoms with Crippen LogP contribution in [0.1, 0.15) is 24.4 Å². The van der Waals surface area contributed by atoms with Gasteiger partial charge in [0.25, 0.3) is 0 Å². The summed E-state index contributed by atoms with van der Waals surface area (Å²) >= 11 is 0. The first-order chi connectivity index (χ1) is 13.6. The maximum Gasteiger partial charge on any atom is 0.181 e. The smallest absolute Gasteiger partial charge is 0.181 e. The van der Waals surface area contributed by atoms with Gasteiger partial charge >= 0.3 is 0 Å². The minimum Gasteiger partial charge on any atom is -0.493 e. The summed E-state index contributed by atoms with van der Waals surface area (Å²) in [6, 6.07) is 10.5. The van der Waals surface area contributed by atoms with Gasteiger partial charge < -0.3 is 24.7 Å². The quantitative estimate of drug-likeness (QED) is 0.615. The molecule has 0 fully saturated rings. The van der Waals surface area contributed by atoms with Gasteiger partial charge in [-0.1, -0.05) is 6.07 Å². The van der Waals surface area contributed by atoms with Crippen LogP contribution in [0.4, 0.5) is 0 Å². The van der Waals surface area contributed by atoms with Crippen molar-refractivity contribution in [2.45, 2.75) is 13.0 Å². The number of rotatable bonds is 8. The number of hydrogen-bond donors (Lipinski definition) is 2. The van der Waals surface area contributed by atoms with Crippen LogP contribution in [-0.4, -0.2) is 43.1 Å². The lowest BCUT2D eigenvalue weighted by molar-refractivity contribution is 0.311. The first kappa shape index (κ1) is 19.5. The second-order valence-corrected chi connectivity index (χ2v) is 5.94. The van der Waals surface area contributed by atoms with Gasteiger partial charge in [0.1, 0.15) is 5.82 Å². The first-order valence-electron chi connectivity index (χ1n) is 8.82. The van der Waals surface area contributed by atoms with Crippen LogP contribution in [0.3, 0.4) is 0 Å². The fraction of sp³-hybridized carbons (Fsp3) is 0.300. The summed E-state index contributed by atoms with van der Waals surface area (Å²) in [4.78, 5) is 4.55. The lowest BCUT2D eigenvalue weighted by Crippen LogP contribution is -2.14. The van der Waals surface area contributed by atoms with Crippen LogP contribution >= 0.6 is 0 Å². The van der Waals surface area contributed by atoms with Crippen LogP contribution in [0.2, 0.25) is 0 Å². The van der Waals surface area contributed by atoms with Crippen molar-refractivity contribution in [3.63, 3.8) is 0 Å². The normalized spacial score (nSPS) is 11.8. The number of benzene rings is 2. The van der Waals surface area contributed by atoms with Gasteiger partial charge in [0.05, 0.1) is 34.0 Å². The van der Waals surface area contributed by atoms with Crippen molar-refractivity contribution in [1.82, 2.24) is 15.2 Å². The van der Waals surface area contributed by atoms with Gasteiger partial charge in [0.15, 0.2) is 28.8 Å². The molecule has 0 bridgehead atoms. The van der Waals surface area contributed by atoms with Crippen LogP contribution in [-0.2, 0) is 0 Å². The minimum absolute atomic E-state index is 0.495. The summed E-state index contributed by atoms with van der Waals surface area (Å²) in [6.45, 7) is 2.45. The Kier molecular flexibility index (Phi) is 6.00. The molecule has 0 radical (unpaired) electrons. The van der Waals surface area contributed by atoms with E-state index in [2.05, 4.69) is 15.2 Å². The molecule has 0 spiro atoms. The fourth-order valence-electron chi connectivity index (χ4n) is 2.83. The molecule has 0 unspecified atom stereocenters. The molecule has 0 saturated carbocycles. The molecule has 0 aliphatic heterocycles. The third-order valence-electron chi connectivity index (χ3n) is 4.29. The highest BCUT2D eigenvalue weighted by atomic mass is 16.5. The Morgan fingerprint density at radius 2 is 1.61 bits per heavy atom. The number of nitrogens with two attached hydrogens (primary N) is 1. The number of methoxy groups -OCH3 is 3. The van der Waals surface area contributed by atoms with Crippen LogP contribution < -0.4 is 24.7 Å². The highest BCUT2D eigenvalue weighted by Crippen LogP contribution is 2.33. The van der Waals surface area contributed by atoms with E-state index in [9.17, 15) is 0 Å². The molecule has 0 aliphatic rings. The summed E-state index contributed by atoms with van der Waals surface area (Å²) in [5.41, 5.74) is 7.99. The topological polar surface area (TPSA) is 105 Å². The van der Waals surface area contributed by atoms with E-state index in [-0.39, 0.29) is 0 Å². The molecule has 2 aromatic carbocycles. The lowest BCUT2D eigenvalue weighted by atomic mass is 10.1. The molecule has 28 heavy (non-hydrogen) atoms. The lowest BCUT2D eigenvalue weighted by Gasteiger charge is -2.13. The number of nitrogens with one attached hydrogen (secondary N) is 1. The van der Waals surface area contributed by atoms with E-state index in [1.54, 1.807) is 21.3 Å². The van der Waals surface area contributed by atoms with Gasteiger partial charge in [-0.15, -0.1) is 0 Å². The minimum atomic E-state index is -0.495. The SMILES string of the molecule is CCOc1cc(-c2n[nH]c([C@@H](N)c3ccc(OC)c(OC)c3)n2)ccc1OC. The average molecular weight is 384 g/mol. The Morgan fingerprint density at radius 3 is 2.29 bits per heavy atom. The molecular weight excluding hydrogens is 360 g/mol. The number of H-pyrrole nitrogens is 1. The third-order valence-corrected chi connectivity index (χ3v) is 4.29. The van der Waals surface area contributed by atoms with Crippen molar-refractivity contribution < 1.29 is 18.9 Å². The standard InChI is InChI=1S/C20H24N4O4/c1-5-28-17-11-13(7-9-15(17)26-3)19-22-20(24-23-19)18(21)12-6-8-14(25-2)16(10-12)27-4/h6-11,18H,5,21H2,1-4H3,(H,22,23,24)/t18-/m0/s1. The van der Waals surface area contributed by atoms with Crippen molar-refractivity contribution >= 4 is 0 Å². The summed E-state index contributed by atoms with van der Waals surface area (Å²) in [5, 5.41) is 7.22. The zero-order valence-electron chi connectivity index (χ0n) is 16.4. The molecule has 8 nitrogen and oxygen atoms in total. The summed E-state index contributed by atoms with van der Waals surface area (Å²) < 4.78 is 21.5. The number of nitrogens with zero attached hydrogens (tertiary/aromatic N) is 2. The van der Waals surface area contributed by atoms with Gasteiger partial charge in [-0.3, -0.25) is 5.10 Å². The van der Waals surface area contributed by atoms with E-state index in [1.807, 2.05) is 43.3 Å². The molecular formula is C20H24N4O4. The Morgan fingerprint density at radius 1 is 0.929 bits per heavy atom. The maximum absolute atomic E-state index is 6.37. The zero-order chi connectivity index (χ0) is 20.1. The zero-order valence-corrected chi connectivity index (χ0v) is 16.4. The Hall–Kier alpha value is -3.26. The van der Waals surface area contributed by atoms with Crippen molar-refractivity contribution in [3.8, 4) is 34.4 Å². The van der Waals surface area contributed by atoms with E-state index in [1.165, 1.54) is 0 Å². The number of aromatic nitrogens is 3. The molecule has 0 aliphatic carbocycles. The molecule has 1 aromatic heterocycles. The highest BCUT2D eigenvalue weighted by Gasteiger charge is 2.18. The van der Waals surface area contributed by atoms with Crippen LogP contribution in [0.15, 0.2) is 36.4 Å². The van der Waals surface area contributed by atoms with Crippen molar-refractivity contribution in [2.75, 3.05) is 27.9 Å². The van der Waals surface area contributed by atoms with E-state index in [4.69, 9.17) is 24.7 Å². The third kappa shape index (κ3) is 3.86. The van der Waals surface area contributed by atoms with Gasteiger partial charge in [-0.05, 0) is 42.8 Å². The average Bonchev–Trinajstić information content (AvgIpc) is 3.23. The van der Waals surface area contributed by atoms with E-state index in [0.717, 1.165) is 11.1 Å². The fourth-order valence-corrected chi connectivity index (χ4v) is 2.83. The van der Waals surface area contributed by atoms with E-state index >= 15 is 0 Å².